The number of hydrogen-bond donors (Lipinski definition) is 2. The van der Waals surface area contributed by atoms with Crippen LogP contribution < -0.4 is 15.2 Å². The van der Waals surface area contributed by atoms with Crippen molar-refractivity contribution >= 4 is 15.7 Å². The van der Waals surface area contributed by atoms with E-state index in [2.05, 4.69) is 9.71 Å². The number of sulfonamides is 1. The van der Waals surface area contributed by atoms with E-state index in [1.54, 1.807) is 18.2 Å². The van der Waals surface area contributed by atoms with E-state index in [4.69, 9.17) is 10.5 Å². The van der Waals surface area contributed by atoms with Crippen molar-refractivity contribution in [1.29, 1.82) is 0 Å². The predicted molar refractivity (Wildman–Crippen MR) is 75.9 cm³/mol. The molecule has 0 saturated carbocycles. The number of nitrogens with two attached hydrogens (primary N) is 1. The molecule has 2 rings (SSSR count). The third-order valence-corrected chi connectivity index (χ3v) is 4.05. The van der Waals surface area contributed by atoms with Gasteiger partial charge in [-0.05, 0) is 23.8 Å². The van der Waals surface area contributed by atoms with Gasteiger partial charge >= 0.3 is 0 Å². The quantitative estimate of drug-likeness (QED) is 0.872. The second-order valence-electron chi connectivity index (χ2n) is 4.09. The average Bonchev–Trinajstić information content (AvgIpc) is 2.47. The molecule has 0 unspecified atom stereocenters. The molecule has 21 heavy (non-hydrogen) atoms. The van der Waals surface area contributed by atoms with Crippen molar-refractivity contribution in [3.05, 3.63) is 47.9 Å². The van der Waals surface area contributed by atoms with Crippen LogP contribution in [0.15, 0.2) is 41.6 Å². The maximum Gasteiger partial charge on any atom is 0.282 e. The van der Waals surface area contributed by atoms with Gasteiger partial charge in [0.1, 0.15) is 5.75 Å². The molecule has 0 atom stereocenters. The van der Waals surface area contributed by atoms with Crippen LogP contribution in [0, 0.1) is 5.82 Å². The summed E-state index contributed by atoms with van der Waals surface area (Å²) in [6, 6.07) is 7.23. The summed E-state index contributed by atoms with van der Waals surface area (Å²) >= 11 is 0. The van der Waals surface area contributed by atoms with E-state index in [9.17, 15) is 12.8 Å². The van der Waals surface area contributed by atoms with Gasteiger partial charge in [0.2, 0.25) is 5.03 Å². The number of rotatable bonds is 5. The van der Waals surface area contributed by atoms with Crippen molar-refractivity contribution in [3.8, 4) is 5.75 Å². The minimum Gasteiger partial charge on any atom is -0.495 e. The molecule has 1 aromatic carbocycles. The number of anilines is 1. The fraction of sp³-hybridized carbons (Fsp3) is 0.154. The van der Waals surface area contributed by atoms with Crippen LogP contribution in [0.5, 0.6) is 5.75 Å². The maximum atomic E-state index is 13.6. The van der Waals surface area contributed by atoms with Crippen molar-refractivity contribution in [1.82, 2.24) is 4.98 Å². The van der Waals surface area contributed by atoms with Gasteiger partial charge in [0.05, 0.1) is 12.8 Å². The number of nitrogens with zero attached hydrogens (tertiary/aromatic N) is 1. The van der Waals surface area contributed by atoms with E-state index in [0.717, 1.165) is 6.07 Å². The fourth-order valence-electron chi connectivity index (χ4n) is 1.78. The van der Waals surface area contributed by atoms with E-state index < -0.39 is 20.9 Å². The first-order valence-electron chi connectivity index (χ1n) is 5.99. The van der Waals surface area contributed by atoms with E-state index in [1.165, 1.54) is 19.4 Å². The Labute approximate surface area is 121 Å². The third kappa shape index (κ3) is 3.11. The van der Waals surface area contributed by atoms with E-state index in [1.807, 2.05) is 0 Å². The molecule has 8 heteroatoms. The summed E-state index contributed by atoms with van der Waals surface area (Å²) in [7, 11) is -2.78. The molecular formula is C13H14FN3O3S. The first-order valence-corrected chi connectivity index (χ1v) is 7.47. The van der Waals surface area contributed by atoms with E-state index >= 15 is 0 Å². The zero-order valence-electron chi connectivity index (χ0n) is 11.2. The van der Waals surface area contributed by atoms with E-state index in [-0.39, 0.29) is 18.0 Å². The van der Waals surface area contributed by atoms with Gasteiger partial charge in [0.25, 0.3) is 10.0 Å². The maximum absolute atomic E-state index is 13.6. The van der Waals surface area contributed by atoms with Gasteiger partial charge < -0.3 is 10.5 Å². The largest absolute Gasteiger partial charge is 0.495 e. The Morgan fingerprint density at radius 2 is 2.10 bits per heavy atom. The molecule has 0 aliphatic carbocycles. The lowest BCUT2D eigenvalue weighted by atomic mass is 10.1. The van der Waals surface area contributed by atoms with Crippen molar-refractivity contribution in [3.63, 3.8) is 0 Å². The van der Waals surface area contributed by atoms with Gasteiger partial charge in [-0.3, -0.25) is 4.72 Å². The zero-order chi connectivity index (χ0) is 15.5. The van der Waals surface area contributed by atoms with Crippen LogP contribution in [0.1, 0.15) is 5.56 Å². The van der Waals surface area contributed by atoms with Gasteiger partial charge in [-0.1, -0.05) is 12.1 Å². The second-order valence-corrected chi connectivity index (χ2v) is 5.69. The van der Waals surface area contributed by atoms with Crippen LogP contribution in [0.4, 0.5) is 10.1 Å². The lowest BCUT2D eigenvalue weighted by molar-refractivity contribution is 0.416. The highest BCUT2D eigenvalue weighted by atomic mass is 32.2. The number of pyridine rings is 1. The molecule has 0 aliphatic heterocycles. The van der Waals surface area contributed by atoms with Crippen LogP contribution in [0.25, 0.3) is 0 Å². The molecule has 0 aliphatic rings. The lowest BCUT2D eigenvalue weighted by Crippen LogP contribution is -2.18. The molecule has 0 radical (unpaired) electrons. The SMILES string of the molecule is COc1cccc(CN)c1NS(=O)(=O)c1ncccc1F. The monoisotopic (exact) mass is 311 g/mol. The van der Waals surface area contributed by atoms with Crippen molar-refractivity contribution < 1.29 is 17.5 Å². The summed E-state index contributed by atoms with van der Waals surface area (Å²) in [5.74, 6) is -0.646. The molecular weight excluding hydrogens is 297 g/mol. The van der Waals surface area contributed by atoms with Gasteiger partial charge in [0.15, 0.2) is 5.82 Å². The Kier molecular flexibility index (Phi) is 4.39. The first-order chi connectivity index (χ1) is 9.99. The van der Waals surface area contributed by atoms with Crippen LogP contribution >= 0.6 is 0 Å². The highest BCUT2D eigenvalue weighted by molar-refractivity contribution is 7.92. The number of para-hydroxylation sites is 1. The Morgan fingerprint density at radius 3 is 2.71 bits per heavy atom. The molecule has 1 aromatic heterocycles. The molecule has 0 amide bonds. The molecule has 112 valence electrons. The summed E-state index contributed by atoms with van der Waals surface area (Å²) in [5.41, 5.74) is 6.28. The number of halogens is 1. The number of aromatic nitrogens is 1. The average molecular weight is 311 g/mol. The topological polar surface area (TPSA) is 94.3 Å². The summed E-state index contributed by atoms with van der Waals surface area (Å²) in [5, 5.41) is -0.682. The smallest absolute Gasteiger partial charge is 0.282 e. The number of methoxy groups -OCH3 is 1. The standard InChI is InChI=1S/C13H14FN3O3S/c1-20-11-6-2-4-9(8-15)12(11)17-21(18,19)13-10(14)5-3-7-16-13/h2-7,17H,8,15H2,1H3. The van der Waals surface area contributed by atoms with Crippen LogP contribution in [0.3, 0.4) is 0 Å². The van der Waals surface area contributed by atoms with Gasteiger partial charge in [-0.15, -0.1) is 0 Å². The highest BCUT2D eigenvalue weighted by Crippen LogP contribution is 2.30. The van der Waals surface area contributed by atoms with Crippen molar-refractivity contribution in [2.75, 3.05) is 11.8 Å². The number of benzene rings is 1. The van der Waals surface area contributed by atoms with Gasteiger partial charge in [0, 0.05) is 12.7 Å². The summed E-state index contributed by atoms with van der Waals surface area (Å²) < 4.78 is 45.5. The number of ether oxygens (including phenoxy) is 1. The van der Waals surface area contributed by atoms with Crippen molar-refractivity contribution in [2.45, 2.75) is 11.6 Å². The predicted octanol–water partition coefficient (Wildman–Crippen LogP) is 1.49. The summed E-state index contributed by atoms with van der Waals surface area (Å²) in [4.78, 5) is 3.56. The first kappa shape index (κ1) is 15.2. The van der Waals surface area contributed by atoms with Crippen LogP contribution in [-0.4, -0.2) is 20.5 Å². The summed E-state index contributed by atoms with van der Waals surface area (Å²) in [6.07, 6.45) is 1.20. The second kappa shape index (κ2) is 6.06. The van der Waals surface area contributed by atoms with E-state index in [0.29, 0.717) is 5.56 Å². The molecule has 1 heterocycles. The normalized spacial score (nSPS) is 11.2. The van der Waals surface area contributed by atoms with Crippen LogP contribution in [-0.2, 0) is 16.6 Å². The Bertz CT molecular complexity index is 728. The lowest BCUT2D eigenvalue weighted by Gasteiger charge is -2.15. The molecule has 0 fully saturated rings. The van der Waals surface area contributed by atoms with Crippen molar-refractivity contribution in [2.24, 2.45) is 5.73 Å². The van der Waals surface area contributed by atoms with Gasteiger partial charge in [-0.25, -0.2) is 9.37 Å². The molecule has 0 saturated heterocycles. The zero-order valence-corrected chi connectivity index (χ0v) is 12.0. The summed E-state index contributed by atoms with van der Waals surface area (Å²) in [6.45, 7) is 0.0970. The molecule has 2 aromatic rings. The van der Waals surface area contributed by atoms with Gasteiger partial charge in [-0.2, -0.15) is 8.42 Å². The van der Waals surface area contributed by atoms with Crippen LogP contribution in [0.2, 0.25) is 0 Å². The Balaban J connectivity index is 2.49. The molecule has 0 bridgehead atoms. The molecule has 3 N–H and O–H groups in total. The minimum atomic E-state index is -4.18. The Morgan fingerprint density at radius 1 is 1.33 bits per heavy atom. The third-order valence-electron chi connectivity index (χ3n) is 2.77. The highest BCUT2D eigenvalue weighted by Gasteiger charge is 2.23. The minimum absolute atomic E-state index is 0.0970. The fourth-order valence-corrected chi connectivity index (χ4v) is 2.91. The Hall–Kier alpha value is -2.19. The molecule has 6 nitrogen and oxygen atoms in total. The number of hydrogen-bond acceptors (Lipinski definition) is 5. The number of nitrogens with one attached hydrogen (secondary N) is 1. The molecule has 0 spiro atoms.